The Hall–Kier alpha value is -3.14. The van der Waals surface area contributed by atoms with Crippen molar-refractivity contribution in [2.45, 2.75) is 16.8 Å². The zero-order valence-corrected chi connectivity index (χ0v) is 14.2. The first-order valence-electron chi connectivity index (χ1n) is 7.36. The van der Waals surface area contributed by atoms with Crippen LogP contribution < -0.4 is 5.32 Å². The van der Waals surface area contributed by atoms with Gasteiger partial charge in [-0.3, -0.25) is 9.59 Å². The number of nitrogens with one attached hydrogen (secondary N) is 1. The number of aromatic hydroxyl groups is 1. The van der Waals surface area contributed by atoms with E-state index in [4.69, 9.17) is 5.11 Å². The van der Waals surface area contributed by atoms with Gasteiger partial charge < -0.3 is 15.5 Å². The molecule has 0 aliphatic heterocycles. The van der Waals surface area contributed by atoms with Crippen LogP contribution in [0.5, 0.6) is 5.75 Å². The molecule has 0 aliphatic rings. The summed E-state index contributed by atoms with van der Waals surface area (Å²) >= 11 is 1.14. The largest absolute Gasteiger partial charge is 0.507 e. The Kier molecular flexibility index (Phi) is 4.76. The summed E-state index contributed by atoms with van der Waals surface area (Å²) in [5, 5.41) is 25.5. The van der Waals surface area contributed by atoms with E-state index >= 15 is 0 Å². The number of aromatic nitrogens is 3. The number of carbonyl (C=O) groups excluding carboxylic acids is 1. The lowest BCUT2D eigenvalue weighted by Gasteiger charge is -2.10. The SMILES string of the molecule is Cc1cc(F)cc(Sc2cc(O)c(C(=O)NCC(=O)O)c3ncnn23)c1. The van der Waals surface area contributed by atoms with Gasteiger partial charge in [-0.2, -0.15) is 5.10 Å². The third-order valence-corrected chi connectivity index (χ3v) is 4.33. The van der Waals surface area contributed by atoms with E-state index in [0.717, 1.165) is 17.3 Å². The van der Waals surface area contributed by atoms with Crippen LogP contribution in [0.3, 0.4) is 0 Å². The van der Waals surface area contributed by atoms with Gasteiger partial charge in [-0.25, -0.2) is 13.9 Å². The molecule has 0 fully saturated rings. The number of hydrogen-bond acceptors (Lipinski definition) is 6. The van der Waals surface area contributed by atoms with E-state index in [2.05, 4.69) is 15.4 Å². The molecule has 0 radical (unpaired) electrons. The fraction of sp³-hybridized carbons (Fsp3) is 0.125. The second-order valence-electron chi connectivity index (χ2n) is 5.38. The molecule has 0 atom stereocenters. The Morgan fingerprint density at radius 3 is 2.77 bits per heavy atom. The smallest absolute Gasteiger partial charge is 0.322 e. The predicted octanol–water partition coefficient (Wildman–Crippen LogP) is 1.85. The normalized spacial score (nSPS) is 10.8. The number of halogens is 1. The van der Waals surface area contributed by atoms with Gasteiger partial charge in [0.15, 0.2) is 5.65 Å². The summed E-state index contributed by atoms with van der Waals surface area (Å²) in [6, 6.07) is 5.79. The van der Waals surface area contributed by atoms with Gasteiger partial charge in [-0.05, 0) is 30.7 Å². The molecular weight excluding hydrogens is 363 g/mol. The van der Waals surface area contributed by atoms with Crippen molar-refractivity contribution in [3.8, 4) is 5.75 Å². The number of carboxylic acids is 1. The lowest BCUT2D eigenvalue weighted by molar-refractivity contribution is -0.135. The van der Waals surface area contributed by atoms with Gasteiger partial charge in [0.25, 0.3) is 5.91 Å². The summed E-state index contributed by atoms with van der Waals surface area (Å²) in [6.07, 6.45) is 1.20. The van der Waals surface area contributed by atoms with Crippen molar-refractivity contribution in [2.24, 2.45) is 0 Å². The molecule has 0 saturated heterocycles. The van der Waals surface area contributed by atoms with Crippen LogP contribution in [-0.2, 0) is 4.79 Å². The number of carboxylic acid groups (broad SMARTS) is 1. The molecule has 0 spiro atoms. The predicted molar refractivity (Wildman–Crippen MR) is 89.9 cm³/mol. The number of amides is 1. The summed E-state index contributed by atoms with van der Waals surface area (Å²) in [4.78, 5) is 27.3. The first kappa shape index (κ1) is 17.7. The van der Waals surface area contributed by atoms with Crippen LogP contribution in [0.2, 0.25) is 0 Å². The van der Waals surface area contributed by atoms with Gasteiger partial charge in [-0.1, -0.05) is 11.8 Å². The zero-order chi connectivity index (χ0) is 18.8. The molecule has 3 N–H and O–H groups in total. The van der Waals surface area contributed by atoms with Gasteiger partial charge >= 0.3 is 5.97 Å². The van der Waals surface area contributed by atoms with E-state index in [0.29, 0.717) is 9.92 Å². The third kappa shape index (κ3) is 3.59. The van der Waals surface area contributed by atoms with Crippen LogP contribution in [0.25, 0.3) is 5.65 Å². The van der Waals surface area contributed by atoms with E-state index in [9.17, 15) is 19.1 Å². The van der Waals surface area contributed by atoms with E-state index in [1.807, 2.05) is 0 Å². The Balaban J connectivity index is 2.01. The lowest BCUT2D eigenvalue weighted by atomic mass is 10.2. The monoisotopic (exact) mass is 376 g/mol. The summed E-state index contributed by atoms with van der Waals surface area (Å²) in [5.41, 5.74) is 0.600. The van der Waals surface area contributed by atoms with Crippen LogP contribution >= 0.6 is 11.8 Å². The number of pyridine rings is 1. The molecule has 0 unspecified atom stereocenters. The molecule has 0 bridgehead atoms. The van der Waals surface area contributed by atoms with E-state index in [1.54, 1.807) is 13.0 Å². The number of rotatable bonds is 5. The van der Waals surface area contributed by atoms with Crippen molar-refractivity contribution in [1.82, 2.24) is 19.9 Å². The number of aliphatic carboxylic acids is 1. The first-order valence-corrected chi connectivity index (χ1v) is 8.17. The van der Waals surface area contributed by atoms with Crippen LogP contribution in [0.1, 0.15) is 15.9 Å². The maximum Gasteiger partial charge on any atom is 0.322 e. The second-order valence-corrected chi connectivity index (χ2v) is 6.47. The van der Waals surface area contributed by atoms with Crippen molar-refractivity contribution in [1.29, 1.82) is 0 Å². The quantitative estimate of drug-likeness (QED) is 0.622. The van der Waals surface area contributed by atoms with Crippen molar-refractivity contribution >= 4 is 29.3 Å². The highest BCUT2D eigenvalue weighted by Gasteiger charge is 2.21. The van der Waals surface area contributed by atoms with Crippen molar-refractivity contribution < 1.29 is 24.2 Å². The minimum atomic E-state index is -1.22. The molecule has 2 aromatic heterocycles. The van der Waals surface area contributed by atoms with Gasteiger partial charge in [0, 0.05) is 11.0 Å². The molecule has 2 heterocycles. The Labute approximate surface area is 150 Å². The number of carbonyl (C=O) groups is 2. The summed E-state index contributed by atoms with van der Waals surface area (Å²) < 4.78 is 14.9. The molecule has 0 saturated carbocycles. The molecule has 8 nitrogen and oxygen atoms in total. The summed E-state index contributed by atoms with van der Waals surface area (Å²) in [6.45, 7) is 1.16. The van der Waals surface area contributed by atoms with Gasteiger partial charge in [0.1, 0.15) is 35.0 Å². The number of hydrogen-bond donors (Lipinski definition) is 3. The maximum absolute atomic E-state index is 13.6. The molecule has 3 rings (SSSR count). The van der Waals surface area contributed by atoms with E-state index < -0.39 is 24.2 Å². The summed E-state index contributed by atoms with van der Waals surface area (Å²) in [5.74, 6) is -2.79. The average Bonchev–Trinajstić information content (AvgIpc) is 3.01. The van der Waals surface area contributed by atoms with Crippen LogP contribution in [0.15, 0.2) is 40.5 Å². The fourth-order valence-corrected chi connectivity index (χ4v) is 3.40. The standard InChI is InChI=1S/C16H13FN4O4S/c1-8-2-9(17)4-10(3-8)26-12-5-11(22)14(15-19-7-20-21(12)15)16(25)18-6-13(23)24/h2-5,7,22H,6H2,1H3,(H,18,25)(H,23,24). The topological polar surface area (TPSA) is 117 Å². The Bertz CT molecular complexity index is 1000. The molecule has 3 aromatic rings. The van der Waals surface area contributed by atoms with Crippen molar-refractivity contribution in [3.63, 3.8) is 0 Å². The number of aryl methyl sites for hydroxylation is 1. The fourth-order valence-electron chi connectivity index (χ4n) is 2.36. The molecule has 0 aliphatic carbocycles. The van der Waals surface area contributed by atoms with Crippen LogP contribution in [0, 0.1) is 12.7 Å². The van der Waals surface area contributed by atoms with Gasteiger partial charge in [0.2, 0.25) is 0 Å². The molecule has 10 heteroatoms. The number of fused-ring (bicyclic) bond motifs is 1. The molecule has 26 heavy (non-hydrogen) atoms. The highest BCUT2D eigenvalue weighted by Crippen LogP contribution is 2.33. The Morgan fingerprint density at radius 2 is 2.08 bits per heavy atom. The number of benzene rings is 1. The minimum absolute atomic E-state index is 0.0588. The average molecular weight is 376 g/mol. The third-order valence-electron chi connectivity index (χ3n) is 3.36. The molecule has 134 valence electrons. The van der Waals surface area contributed by atoms with Gasteiger partial charge in [0.05, 0.1) is 0 Å². The highest BCUT2D eigenvalue weighted by molar-refractivity contribution is 7.99. The first-order chi connectivity index (χ1) is 12.3. The van der Waals surface area contributed by atoms with E-state index in [-0.39, 0.29) is 17.0 Å². The van der Waals surface area contributed by atoms with Crippen LogP contribution in [-0.4, -0.2) is 43.2 Å². The van der Waals surface area contributed by atoms with Gasteiger partial charge in [-0.15, -0.1) is 0 Å². The molecule has 1 aromatic carbocycles. The Morgan fingerprint density at radius 1 is 1.31 bits per heavy atom. The molecular formula is C16H13FN4O4S. The highest BCUT2D eigenvalue weighted by atomic mass is 32.2. The van der Waals surface area contributed by atoms with Crippen molar-refractivity contribution in [2.75, 3.05) is 6.54 Å². The maximum atomic E-state index is 13.6. The van der Waals surface area contributed by atoms with Crippen molar-refractivity contribution in [3.05, 3.63) is 47.5 Å². The summed E-state index contributed by atoms with van der Waals surface area (Å²) in [7, 11) is 0. The lowest BCUT2D eigenvalue weighted by Crippen LogP contribution is -2.29. The van der Waals surface area contributed by atoms with E-state index in [1.165, 1.54) is 29.0 Å². The number of nitrogens with zero attached hydrogens (tertiary/aromatic N) is 3. The minimum Gasteiger partial charge on any atom is -0.507 e. The second kappa shape index (κ2) is 7.00. The molecule has 1 amide bonds. The van der Waals surface area contributed by atoms with Crippen LogP contribution in [0.4, 0.5) is 4.39 Å². The zero-order valence-electron chi connectivity index (χ0n) is 13.4.